The van der Waals surface area contributed by atoms with E-state index in [1.165, 1.54) is 37.2 Å². The minimum absolute atomic E-state index is 0.147. The second-order valence-corrected chi connectivity index (χ2v) is 6.35. The SMILES string of the molecule is C[C@@H]1CCN(C(=O)c2cnns2)[C@H]2CCCC[C@H]12. The van der Waals surface area contributed by atoms with Crippen LogP contribution in [0.25, 0.3) is 0 Å². The molecule has 1 saturated carbocycles. The second-order valence-electron chi connectivity index (χ2n) is 5.56. The van der Waals surface area contributed by atoms with Gasteiger partial charge >= 0.3 is 0 Å². The Kier molecular flexibility index (Phi) is 3.33. The Morgan fingerprint density at radius 2 is 2.22 bits per heavy atom. The Labute approximate surface area is 112 Å². The van der Waals surface area contributed by atoms with Gasteiger partial charge in [-0.1, -0.05) is 24.3 Å². The van der Waals surface area contributed by atoms with Crippen molar-refractivity contribution >= 4 is 17.4 Å². The van der Waals surface area contributed by atoms with Crippen LogP contribution in [0.3, 0.4) is 0 Å². The molecular weight excluding hydrogens is 246 g/mol. The highest BCUT2D eigenvalue weighted by Crippen LogP contribution is 2.39. The zero-order valence-electron chi connectivity index (χ0n) is 10.7. The van der Waals surface area contributed by atoms with Crippen molar-refractivity contribution in [1.29, 1.82) is 0 Å². The average Bonchev–Trinajstić information content (AvgIpc) is 2.93. The standard InChI is InChI=1S/C13H19N3OS/c1-9-6-7-16(11-5-3-2-4-10(9)11)13(17)12-8-14-15-18-12/h8-11H,2-7H2,1H3/t9-,10-,11+/m1/s1. The predicted molar refractivity (Wildman–Crippen MR) is 70.5 cm³/mol. The molecule has 1 aliphatic heterocycles. The van der Waals surface area contributed by atoms with E-state index in [0.717, 1.165) is 18.9 Å². The summed E-state index contributed by atoms with van der Waals surface area (Å²) >= 11 is 1.21. The molecule has 1 aromatic rings. The first-order valence-electron chi connectivity index (χ1n) is 6.85. The fraction of sp³-hybridized carbons (Fsp3) is 0.769. The lowest BCUT2D eigenvalue weighted by Gasteiger charge is -2.47. The van der Waals surface area contributed by atoms with Crippen LogP contribution in [0.1, 0.15) is 48.7 Å². The van der Waals surface area contributed by atoms with E-state index in [0.29, 0.717) is 16.8 Å². The first-order chi connectivity index (χ1) is 8.77. The number of carbonyl (C=O) groups is 1. The summed E-state index contributed by atoms with van der Waals surface area (Å²) in [6.45, 7) is 3.25. The van der Waals surface area contributed by atoms with Crippen LogP contribution in [0.2, 0.25) is 0 Å². The molecule has 0 bridgehead atoms. The number of rotatable bonds is 1. The molecule has 4 nitrogen and oxygen atoms in total. The number of nitrogens with zero attached hydrogens (tertiary/aromatic N) is 3. The van der Waals surface area contributed by atoms with Gasteiger partial charge in [-0.2, -0.15) is 0 Å². The topological polar surface area (TPSA) is 46.1 Å². The van der Waals surface area contributed by atoms with Crippen molar-refractivity contribution < 1.29 is 4.79 Å². The van der Waals surface area contributed by atoms with Crippen molar-refractivity contribution in [3.05, 3.63) is 11.1 Å². The van der Waals surface area contributed by atoms with Crippen LogP contribution in [0.4, 0.5) is 0 Å². The van der Waals surface area contributed by atoms with E-state index >= 15 is 0 Å². The van der Waals surface area contributed by atoms with Crippen molar-refractivity contribution in [1.82, 2.24) is 14.5 Å². The lowest BCUT2D eigenvalue weighted by molar-refractivity contribution is 0.0221. The number of carbonyl (C=O) groups excluding carboxylic acids is 1. The van der Waals surface area contributed by atoms with Crippen molar-refractivity contribution in [2.75, 3.05) is 6.54 Å². The molecular formula is C13H19N3OS. The second kappa shape index (κ2) is 4.96. The molecule has 2 heterocycles. The molecule has 0 radical (unpaired) electrons. The number of hydrogen-bond donors (Lipinski definition) is 0. The Morgan fingerprint density at radius 1 is 1.39 bits per heavy atom. The van der Waals surface area contributed by atoms with E-state index in [-0.39, 0.29) is 5.91 Å². The summed E-state index contributed by atoms with van der Waals surface area (Å²) < 4.78 is 3.80. The van der Waals surface area contributed by atoms with Gasteiger partial charge in [-0.3, -0.25) is 4.79 Å². The normalized spacial score (nSPS) is 32.1. The van der Waals surface area contributed by atoms with Crippen molar-refractivity contribution in [2.24, 2.45) is 11.8 Å². The summed E-state index contributed by atoms with van der Waals surface area (Å²) in [5.41, 5.74) is 0. The fourth-order valence-electron chi connectivity index (χ4n) is 3.57. The van der Waals surface area contributed by atoms with Gasteiger partial charge in [-0.05, 0) is 42.6 Å². The summed E-state index contributed by atoms with van der Waals surface area (Å²) in [5, 5.41) is 3.78. The van der Waals surface area contributed by atoms with E-state index in [2.05, 4.69) is 21.4 Å². The number of amides is 1. The molecule has 3 atom stereocenters. The third-order valence-corrected chi connectivity index (χ3v) is 5.22. The summed E-state index contributed by atoms with van der Waals surface area (Å²) in [6, 6.07) is 0.456. The van der Waals surface area contributed by atoms with Gasteiger partial charge in [0.25, 0.3) is 5.91 Å². The molecule has 1 amide bonds. The third-order valence-electron chi connectivity index (χ3n) is 4.57. The zero-order chi connectivity index (χ0) is 12.5. The highest BCUT2D eigenvalue weighted by Gasteiger charge is 2.39. The summed E-state index contributed by atoms with van der Waals surface area (Å²) in [7, 11) is 0. The number of hydrogen-bond acceptors (Lipinski definition) is 4. The maximum Gasteiger partial charge on any atom is 0.267 e. The molecule has 1 aliphatic carbocycles. The number of likely N-dealkylation sites (tertiary alicyclic amines) is 1. The molecule has 3 rings (SSSR count). The molecule has 0 unspecified atom stereocenters. The van der Waals surface area contributed by atoms with Gasteiger partial charge in [-0.25, -0.2) is 0 Å². The summed E-state index contributed by atoms with van der Waals surface area (Å²) in [5.74, 6) is 1.62. The molecule has 1 saturated heterocycles. The van der Waals surface area contributed by atoms with E-state index < -0.39 is 0 Å². The predicted octanol–water partition coefficient (Wildman–Crippen LogP) is 2.58. The highest BCUT2D eigenvalue weighted by atomic mass is 32.1. The number of fused-ring (bicyclic) bond motifs is 1. The molecule has 2 fully saturated rings. The van der Waals surface area contributed by atoms with Crippen LogP contribution in [0.5, 0.6) is 0 Å². The largest absolute Gasteiger partial charge is 0.335 e. The van der Waals surface area contributed by atoms with Gasteiger partial charge in [0.05, 0.1) is 6.20 Å². The van der Waals surface area contributed by atoms with Crippen LogP contribution in [-0.4, -0.2) is 33.0 Å². The molecule has 2 aliphatic rings. The van der Waals surface area contributed by atoms with E-state index in [9.17, 15) is 4.79 Å². The molecule has 1 aromatic heterocycles. The third kappa shape index (κ3) is 2.05. The first-order valence-corrected chi connectivity index (χ1v) is 7.63. The van der Waals surface area contributed by atoms with Gasteiger partial charge < -0.3 is 4.90 Å². The van der Waals surface area contributed by atoms with Crippen molar-refractivity contribution in [2.45, 2.75) is 45.1 Å². The average molecular weight is 265 g/mol. The Balaban J connectivity index is 1.81. The first kappa shape index (κ1) is 12.1. The van der Waals surface area contributed by atoms with Crippen molar-refractivity contribution in [3.8, 4) is 0 Å². The molecule has 0 aromatic carbocycles. The van der Waals surface area contributed by atoms with E-state index in [1.807, 2.05) is 0 Å². The van der Waals surface area contributed by atoms with E-state index in [4.69, 9.17) is 0 Å². The maximum absolute atomic E-state index is 12.5. The Bertz CT molecular complexity index is 420. The molecule has 5 heteroatoms. The Morgan fingerprint density at radius 3 is 3.00 bits per heavy atom. The molecule has 18 heavy (non-hydrogen) atoms. The highest BCUT2D eigenvalue weighted by molar-refractivity contribution is 7.07. The molecule has 0 spiro atoms. The van der Waals surface area contributed by atoms with E-state index in [1.54, 1.807) is 6.20 Å². The molecule has 0 N–H and O–H groups in total. The van der Waals surface area contributed by atoms with Crippen LogP contribution >= 0.6 is 11.5 Å². The number of piperidine rings is 1. The summed E-state index contributed by atoms with van der Waals surface area (Å²) in [4.78, 5) is 15.3. The minimum atomic E-state index is 0.147. The quantitative estimate of drug-likeness (QED) is 0.784. The monoisotopic (exact) mass is 265 g/mol. The summed E-state index contributed by atoms with van der Waals surface area (Å²) in [6.07, 6.45) is 7.79. The Hall–Kier alpha value is -0.970. The van der Waals surface area contributed by atoms with Gasteiger partial charge in [-0.15, -0.1) is 5.10 Å². The number of aromatic nitrogens is 2. The van der Waals surface area contributed by atoms with Crippen LogP contribution in [0, 0.1) is 11.8 Å². The minimum Gasteiger partial charge on any atom is -0.335 e. The van der Waals surface area contributed by atoms with Crippen LogP contribution in [-0.2, 0) is 0 Å². The van der Waals surface area contributed by atoms with Gasteiger partial charge in [0.1, 0.15) is 4.88 Å². The van der Waals surface area contributed by atoms with Crippen molar-refractivity contribution in [3.63, 3.8) is 0 Å². The zero-order valence-corrected chi connectivity index (χ0v) is 11.5. The van der Waals surface area contributed by atoms with Gasteiger partial charge in [0, 0.05) is 12.6 Å². The van der Waals surface area contributed by atoms with Crippen LogP contribution < -0.4 is 0 Å². The van der Waals surface area contributed by atoms with Crippen LogP contribution in [0.15, 0.2) is 6.20 Å². The lowest BCUT2D eigenvalue weighted by Crippen LogP contribution is -2.52. The smallest absolute Gasteiger partial charge is 0.267 e. The van der Waals surface area contributed by atoms with Gasteiger partial charge in [0.2, 0.25) is 0 Å². The molecule has 98 valence electrons. The lowest BCUT2D eigenvalue weighted by atomic mass is 9.72. The van der Waals surface area contributed by atoms with Gasteiger partial charge in [0.15, 0.2) is 0 Å². The maximum atomic E-state index is 12.5. The fourth-order valence-corrected chi connectivity index (χ4v) is 4.04.